The second-order valence-corrected chi connectivity index (χ2v) is 15.7. The summed E-state index contributed by atoms with van der Waals surface area (Å²) in [6.07, 6.45) is 7.09. The lowest BCUT2D eigenvalue weighted by molar-refractivity contribution is -0.134. The summed E-state index contributed by atoms with van der Waals surface area (Å²) in [4.78, 5) is 74.1. The van der Waals surface area contributed by atoms with Crippen molar-refractivity contribution < 1.29 is 18.8 Å². The molecular formula is C44H39N9O5. The van der Waals surface area contributed by atoms with Gasteiger partial charge >= 0.3 is 0 Å². The van der Waals surface area contributed by atoms with Crippen LogP contribution in [-0.2, 0) is 23.1 Å². The molecule has 10 rings (SSSR count). The predicted octanol–water partition coefficient (Wildman–Crippen LogP) is 4.68. The predicted molar refractivity (Wildman–Crippen MR) is 217 cm³/mol. The van der Waals surface area contributed by atoms with Crippen LogP contribution in [0.1, 0.15) is 64.7 Å². The molecule has 14 heteroatoms. The Bertz CT molecular complexity index is 2820. The van der Waals surface area contributed by atoms with Gasteiger partial charge < -0.3 is 24.1 Å². The first-order chi connectivity index (χ1) is 28.2. The maximum atomic E-state index is 13.0. The minimum absolute atomic E-state index is 0.0127. The normalized spacial score (nSPS) is 19.7. The van der Waals surface area contributed by atoms with Gasteiger partial charge in [0.25, 0.3) is 11.5 Å². The molecule has 1 aromatic carbocycles. The number of benzene rings is 1. The van der Waals surface area contributed by atoms with Gasteiger partial charge in [0.15, 0.2) is 11.6 Å². The Labute approximate surface area is 332 Å². The number of hydrogen-bond acceptors (Lipinski definition) is 11. The van der Waals surface area contributed by atoms with E-state index in [0.29, 0.717) is 34.7 Å². The van der Waals surface area contributed by atoms with E-state index in [4.69, 9.17) is 19.4 Å². The second-order valence-electron chi connectivity index (χ2n) is 15.7. The van der Waals surface area contributed by atoms with Crippen LogP contribution < -0.4 is 26.0 Å². The Balaban J connectivity index is 0.841. The highest BCUT2D eigenvalue weighted by atomic mass is 16.3. The van der Waals surface area contributed by atoms with Gasteiger partial charge in [0.2, 0.25) is 11.8 Å². The quantitative estimate of drug-likeness (QED) is 0.178. The number of amides is 3. The summed E-state index contributed by atoms with van der Waals surface area (Å²) in [5.41, 5.74) is 5.59. The fourth-order valence-corrected chi connectivity index (χ4v) is 8.69. The molecule has 3 fully saturated rings. The minimum atomic E-state index is -0.442. The summed E-state index contributed by atoms with van der Waals surface area (Å²) in [7, 11) is 1.83. The number of carbonyl (C=O) groups is 3. The van der Waals surface area contributed by atoms with E-state index in [9.17, 15) is 19.2 Å². The number of fused-ring (bicyclic) bond motifs is 4. The van der Waals surface area contributed by atoms with Gasteiger partial charge in [-0.1, -0.05) is 18.1 Å². The number of hydrogen-bond donors (Lipinski definition) is 2. The molecule has 0 radical (unpaired) electrons. The van der Waals surface area contributed by atoms with Gasteiger partial charge in [-0.15, -0.1) is 0 Å². The van der Waals surface area contributed by atoms with E-state index >= 15 is 0 Å². The van der Waals surface area contributed by atoms with Crippen molar-refractivity contribution in [3.05, 3.63) is 99.6 Å². The Hall–Kier alpha value is -6.88. The maximum absolute atomic E-state index is 13.0. The number of pyridine rings is 3. The molecule has 3 atom stereocenters. The number of imide groups is 1. The second kappa shape index (κ2) is 13.9. The van der Waals surface area contributed by atoms with E-state index < -0.39 is 5.92 Å². The molecule has 4 aliphatic rings. The van der Waals surface area contributed by atoms with Gasteiger partial charge in [0.05, 0.1) is 35.6 Å². The Morgan fingerprint density at radius 2 is 1.86 bits per heavy atom. The number of aromatic nitrogens is 5. The summed E-state index contributed by atoms with van der Waals surface area (Å²) in [5, 5.41) is 6.88. The zero-order valence-corrected chi connectivity index (χ0v) is 32.0. The molecule has 3 aliphatic heterocycles. The summed E-state index contributed by atoms with van der Waals surface area (Å²) in [5.74, 6) is 8.57. The van der Waals surface area contributed by atoms with Crippen LogP contribution in [0.15, 0.2) is 70.1 Å². The average Bonchev–Trinajstić information content (AvgIpc) is 3.61. The van der Waals surface area contributed by atoms with Crippen LogP contribution in [0.4, 0.5) is 17.3 Å². The van der Waals surface area contributed by atoms with E-state index in [1.807, 2.05) is 38.4 Å². The Morgan fingerprint density at radius 3 is 2.67 bits per heavy atom. The summed E-state index contributed by atoms with van der Waals surface area (Å²) in [6, 6.07) is 14.7. The summed E-state index contributed by atoms with van der Waals surface area (Å²) < 4.78 is 7.63. The standard InChI is InChI=1S/C44H39N9O5/c1-24-16-32-35(51(2)44(24)57)19-38(52-22-26-17-27(26)23-52)49-41(32)53-15-5-8-33-36(53)21-47-40(48-33)25-10-12-34(46-20-25)43(56)45-14-4-6-28-18-31-29(7-3-9-37(31)58-28)30-11-13-39(54)50-42(30)55/h3,7,9-10,12,16,18-21,26-27,30H,5,8,11,13-15,17,22-23H2,1-2H3,(H,45,56)(H,50,54,55). The van der Waals surface area contributed by atoms with E-state index in [1.165, 1.54) is 6.42 Å². The third-order valence-electron chi connectivity index (χ3n) is 11.9. The van der Waals surface area contributed by atoms with Gasteiger partial charge in [0.1, 0.15) is 22.9 Å². The number of rotatable bonds is 6. The van der Waals surface area contributed by atoms with Crippen LogP contribution >= 0.6 is 0 Å². The molecule has 3 amide bonds. The summed E-state index contributed by atoms with van der Waals surface area (Å²) >= 11 is 0. The lowest BCUT2D eigenvalue weighted by atomic mass is 9.88. The third-order valence-corrected chi connectivity index (χ3v) is 11.9. The molecule has 2 saturated heterocycles. The van der Waals surface area contributed by atoms with E-state index in [-0.39, 0.29) is 41.9 Å². The molecule has 3 unspecified atom stereocenters. The molecule has 2 N–H and O–H groups in total. The number of nitrogens with one attached hydrogen (secondary N) is 2. The van der Waals surface area contributed by atoms with E-state index in [0.717, 1.165) is 89.2 Å². The van der Waals surface area contributed by atoms with Gasteiger partial charge in [-0.25, -0.2) is 15.0 Å². The third kappa shape index (κ3) is 6.32. The maximum Gasteiger partial charge on any atom is 0.270 e. The highest BCUT2D eigenvalue weighted by Crippen LogP contribution is 2.47. The largest absolute Gasteiger partial charge is 0.448 e. The molecule has 1 aliphatic carbocycles. The van der Waals surface area contributed by atoms with Crippen molar-refractivity contribution in [3.63, 3.8) is 0 Å². The smallest absolute Gasteiger partial charge is 0.270 e. The zero-order valence-electron chi connectivity index (χ0n) is 32.0. The Kier molecular flexibility index (Phi) is 8.54. The molecule has 1 saturated carbocycles. The van der Waals surface area contributed by atoms with Gasteiger partial charge in [-0.3, -0.25) is 29.5 Å². The SMILES string of the molecule is Cc1cc2c(N3CCCc4nc(-c5ccc(C(=O)NCC#Cc6cc7c(C8CCC(=O)NC8=O)cccc7o6)nc5)ncc43)nc(N3CC4CC4C3)cc2n(C)c1=O. The molecule has 6 aromatic rings. The van der Waals surface area contributed by atoms with Crippen molar-refractivity contribution >= 4 is 56.9 Å². The van der Waals surface area contributed by atoms with Crippen molar-refractivity contribution in [3.8, 4) is 23.2 Å². The first-order valence-corrected chi connectivity index (χ1v) is 19.7. The zero-order chi connectivity index (χ0) is 39.7. The lowest BCUT2D eigenvalue weighted by Crippen LogP contribution is -2.39. The van der Waals surface area contributed by atoms with Crippen LogP contribution in [0.3, 0.4) is 0 Å². The Morgan fingerprint density at radius 1 is 1.00 bits per heavy atom. The van der Waals surface area contributed by atoms with Crippen LogP contribution in [-0.4, -0.2) is 68.4 Å². The fraction of sp³-hybridized carbons (Fsp3) is 0.318. The topological polar surface area (TPSA) is 168 Å². The van der Waals surface area contributed by atoms with Gasteiger partial charge in [-0.2, -0.15) is 0 Å². The number of piperidine rings is 2. The molecule has 290 valence electrons. The molecule has 8 heterocycles. The molecular weight excluding hydrogens is 735 g/mol. The summed E-state index contributed by atoms with van der Waals surface area (Å²) in [6.45, 7) is 4.64. The number of aryl methyl sites for hydroxylation is 3. The first kappa shape index (κ1) is 35.5. The number of nitrogens with zero attached hydrogens (tertiary/aromatic N) is 7. The van der Waals surface area contributed by atoms with Crippen molar-refractivity contribution in [2.75, 3.05) is 36.0 Å². The minimum Gasteiger partial charge on any atom is -0.448 e. The van der Waals surface area contributed by atoms with Crippen molar-refractivity contribution in [1.82, 2.24) is 35.1 Å². The molecule has 5 aromatic heterocycles. The number of anilines is 3. The molecule has 0 bridgehead atoms. The lowest BCUT2D eigenvalue weighted by Gasteiger charge is -2.32. The van der Waals surface area contributed by atoms with Crippen LogP contribution in [0, 0.1) is 30.6 Å². The van der Waals surface area contributed by atoms with E-state index in [2.05, 4.69) is 43.3 Å². The highest BCUT2D eigenvalue weighted by Gasteiger charge is 2.45. The van der Waals surface area contributed by atoms with Crippen molar-refractivity contribution in [2.45, 2.75) is 44.9 Å². The van der Waals surface area contributed by atoms with Crippen LogP contribution in [0.25, 0.3) is 33.3 Å². The van der Waals surface area contributed by atoms with Crippen molar-refractivity contribution in [2.24, 2.45) is 18.9 Å². The number of carbonyl (C=O) groups excluding carboxylic acids is 3. The van der Waals surface area contributed by atoms with E-state index in [1.54, 1.807) is 35.0 Å². The van der Waals surface area contributed by atoms with Gasteiger partial charge in [0, 0.05) is 73.3 Å². The van der Waals surface area contributed by atoms with Crippen molar-refractivity contribution in [1.29, 1.82) is 0 Å². The molecule has 58 heavy (non-hydrogen) atoms. The number of furan rings is 1. The average molecular weight is 774 g/mol. The van der Waals surface area contributed by atoms with Gasteiger partial charge in [-0.05, 0) is 80.2 Å². The van der Waals surface area contributed by atoms with Crippen LogP contribution in [0.5, 0.6) is 0 Å². The highest BCUT2D eigenvalue weighted by molar-refractivity contribution is 6.03. The molecule has 0 spiro atoms. The monoisotopic (exact) mass is 773 g/mol. The first-order valence-electron chi connectivity index (χ1n) is 19.7. The molecule has 14 nitrogen and oxygen atoms in total. The van der Waals surface area contributed by atoms with Crippen LogP contribution in [0.2, 0.25) is 0 Å². The fourth-order valence-electron chi connectivity index (χ4n) is 8.69.